The maximum Gasteiger partial charge on any atom is 0.416 e. The predicted octanol–water partition coefficient (Wildman–Crippen LogP) is 5.01. The van der Waals surface area contributed by atoms with Gasteiger partial charge in [-0.2, -0.15) is 13.2 Å². The van der Waals surface area contributed by atoms with Gasteiger partial charge in [0.25, 0.3) is 0 Å². The number of aromatic nitrogens is 1. The Morgan fingerprint density at radius 1 is 1.16 bits per heavy atom. The van der Waals surface area contributed by atoms with E-state index in [1.807, 2.05) is 13.0 Å². The van der Waals surface area contributed by atoms with Gasteiger partial charge < -0.3 is 4.57 Å². The maximum absolute atomic E-state index is 12.7. The highest BCUT2D eigenvalue weighted by Gasteiger charge is 2.30. The molecule has 2 rings (SSSR count). The van der Waals surface area contributed by atoms with Crippen LogP contribution < -0.4 is 0 Å². The summed E-state index contributed by atoms with van der Waals surface area (Å²) in [6.45, 7) is 7.07. The highest BCUT2D eigenvalue weighted by atomic mass is 19.4. The lowest BCUT2D eigenvalue weighted by Crippen LogP contribution is -2.05. The molecule has 1 aromatic heterocycles. The van der Waals surface area contributed by atoms with E-state index in [0.29, 0.717) is 11.3 Å². The fraction of sp³-hybridized carbons (Fsp3) is 0.467. The first-order valence-corrected chi connectivity index (χ1v) is 6.46. The molecule has 0 unspecified atom stereocenters. The molecule has 0 spiro atoms. The van der Waals surface area contributed by atoms with E-state index in [1.54, 1.807) is 6.07 Å². The van der Waals surface area contributed by atoms with Gasteiger partial charge in [-0.25, -0.2) is 0 Å². The Bertz CT molecular complexity index is 579. The summed E-state index contributed by atoms with van der Waals surface area (Å²) in [6, 6.07) is 5.79. The molecule has 0 aliphatic carbocycles. The highest BCUT2D eigenvalue weighted by Crippen LogP contribution is 2.32. The van der Waals surface area contributed by atoms with Crippen LogP contribution >= 0.6 is 0 Å². The first kappa shape index (κ1) is 14.0. The van der Waals surface area contributed by atoms with Gasteiger partial charge >= 0.3 is 6.18 Å². The number of benzene rings is 1. The molecule has 104 valence electrons. The van der Waals surface area contributed by atoms with Crippen LogP contribution in [0.5, 0.6) is 0 Å². The number of nitrogens with zero attached hydrogens (tertiary/aromatic N) is 1. The second kappa shape index (κ2) is 4.91. The molecule has 0 amide bonds. The SMILES string of the molecule is Cc1cc2cc(C(F)(F)F)ccc2n1CCC(C)C. The summed E-state index contributed by atoms with van der Waals surface area (Å²) in [5, 5.41) is 0.663. The van der Waals surface area contributed by atoms with Gasteiger partial charge in [0, 0.05) is 23.1 Å². The first-order chi connectivity index (χ1) is 8.79. The van der Waals surface area contributed by atoms with E-state index in [4.69, 9.17) is 0 Å². The van der Waals surface area contributed by atoms with Gasteiger partial charge in [0.2, 0.25) is 0 Å². The number of hydrogen-bond acceptors (Lipinski definition) is 0. The second-order valence-electron chi connectivity index (χ2n) is 5.39. The highest BCUT2D eigenvalue weighted by molar-refractivity contribution is 5.82. The molecule has 0 bridgehead atoms. The molecule has 0 atom stereocenters. The van der Waals surface area contributed by atoms with Crippen LogP contribution in [0, 0.1) is 12.8 Å². The van der Waals surface area contributed by atoms with Crippen molar-refractivity contribution in [3.05, 3.63) is 35.5 Å². The summed E-state index contributed by atoms with van der Waals surface area (Å²) < 4.78 is 40.1. The van der Waals surface area contributed by atoms with Gasteiger partial charge in [0.05, 0.1) is 5.56 Å². The number of rotatable bonds is 3. The quantitative estimate of drug-likeness (QED) is 0.737. The van der Waals surface area contributed by atoms with Crippen LogP contribution in [-0.2, 0) is 12.7 Å². The average Bonchev–Trinajstić information content (AvgIpc) is 2.59. The van der Waals surface area contributed by atoms with Gasteiger partial charge in [-0.1, -0.05) is 13.8 Å². The normalized spacial score (nSPS) is 12.6. The van der Waals surface area contributed by atoms with E-state index in [-0.39, 0.29) is 0 Å². The van der Waals surface area contributed by atoms with Crippen molar-refractivity contribution in [3.63, 3.8) is 0 Å². The molecule has 19 heavy (non-hydrogen) atoms. The van der Waals surface area contributed by atoms with Crippen molar-refractivity contribution in [1.29, 1.82) is 0 Å². The van der Waals surface area contributed by atoms with Crippen molar-refractivity contribution in [2.75, 3.05) is 0 Å². The Morgan fingerprint density at radius 2 is 1.84 bits per heavy atom. The minimum absolute atomic E-state index is 0.575. The monoisotopic (exact) mass is 269 g/mol. The number of fused-ring (bicyclic) bond motifs is 1. The summed E-state index contributed by atoms with van der Waals surface area (Å²) in [6.07, 6.45) is -3.26. The molecular weight excluding hydrogens is 251 g/mol. The average molecular weight is 269 g/mol. The molecule has 0 saturated heterocycles. The summed E-state index contributed by atoms with van der Waals surface area (Å²) in [5.41, 5.74) is 1.31. The Kier molecular flexibility index (Phi) is 3.61. The number of halogens is 3. The van der Waals surface area contributed by atoms with E-state index < -0.39 is 11.7 Å². The van der Waals surface area contributed by atoms with Gasteiger partial charge in [0.1, 0.15) is 0 Å². The van der Waals surface area contributed by atoms with Crippen LogP contribution in [0.1, 0.15) is 31.5 Å². The van der Waals surface area contributed by atoms with Crippen LogP contribution in [0.4, 0.5) is 13.2 Å². The molecular formula is C15H18F3N. The minimum atomic E-state index is -4.28. The number of alkyl halides is 3. The summed E-state index contributed by atoms with van der Waals surface area (Å²) >= 11 is 0. The molecule has 1 aromatic carbocycles. The molecule has 0 fully saturated rings. The summed E-state index contributed by atoms with van der Waals surface area (Å²) in [4.78, 5) is 0. The summed E-state index contributed by atoms with van der Waals surface area (Å²) in [5.74, 6) is 0.575. The van der Waals surface area contributed by atoms with Crippen molar-refractivity contribution in [3.8, 4) is 0 Å². The smallest absolute Gasteiger partial charge is 0.345 e. The zero-order valence-corrected chi connectivity index (χ0v) is 11.4. The van der Waals surface area contributed by atoms with Crippen molar-refractivity contribution in [1.82, 2.24) is 4.57 Å². The van der Waals surface area contributed by atoms with Gasteiger partial charge in [0.15, 0.2) is 0 Å². The Hall–Kier alpha value is -1.45. The third-order valence-electron chi connectivity index (χ3n) is 3.37. The maximum atomic E-state index is 12.7. The van der Waals surface area contributed by atoms with E-state index in [9.17, 15) is 13.2 Å². The third-order valence-corrected chi connectivity index (χ3v) is 3.37. The second-order valence-corrected chi connectivity index (χ2v) is 5.39. The summed E-state index contributed by atoms with van der Waals surface area (Å²) in [7, 11) is 0. The molecule has 0 saturated carbocycles. The van der Waals surface area contributed by atoms with Crippen LogP contribution in [0.25, 0.3) is 10.9 Å². The van der Waals surface area contributed by atoms with E-state index in [1.165, 1.54) is 6.07 Å². The fourth-order valence-corrected chi connectivity index (χ4v) is 2.27. The van der Waals surface area contributed by atoms with E-state index in [2.05, 4.69) is 18.4 Å². The standard InChI is InChI=1S/C15H18F3N/c1-10(2)6-7-19-11(3)8-12-9-13(15(16,17)18)4-5-14(12)19/h4-5,8-10H,6-7H2,1-3H3. The fourth-order valence-electron chi connectivity index (χ4n) is 2.27. The predicted molar refractivity (Wildman–Crippen MR) is 71.1 cm³/mol. The van der Waals surface area contributed by atoms with E-state index in [0.717, 1.165) is 30.2 Å². The van der Waals surface area contributed by atoms with Crippen molar-refractivity contribution in [2.24, 2.45) is 5.92 Å². The van der Waals surface area contributed by atoms with Crippen LogP contribution in [0.3, 0.4) is 0 Å². The Morgan fingerprint density at radius 3 is 2.42 bits per heavy atom. The Balaban J connectivity index is 2.42. The third kappa shape index (κ3) is 2.94. The molecule has 0 aliphatic rings. The molecule has 2 aromatic rings. The largest absolute Gasteiger partial charge is 0.416 e. The molecule has 4 heteroatoms. The minimum Gasteiger partial charge on any atom is -0.345 e. The topological polar surface area (TPSA) is 4.93 Å². The molecule has 0 aliphatic heterocycles. The zero-order valence-electron chi connectivity index (χ0n) is 11.4. The Labute approximate surface area is 111 Å². The van der Waals surface area contributed by atoms with Gasteiger partial charge in [-0.05, 0) is 43.5 Å². The number of hydrogen-bond donors (Lipinski definition) is 0. The molecule has 1 heterocycles. The lowest BCUT2D eigenvalue weighted by atomic mass is 10.1. The van der Waals surface area contributed by atoms with Crippen LogP contribution in [0.15, 0.2) is 24.3 Å². The molecule has 0 radical (unpaired) electrons. The lowest BCUT2D eigenvalue weighted by molar-refractivity contribution is -0.137. The van der Waals surface area contributed by atoms with E-state index >= 15 is 0 Å². The number of aryl methyl sites for hydroxylation is 2. The van der Waals surface area contributed by atoms with Crippen molar-refractivity contribution in [2.45, 2.75) is 39.9 Å². The zero-order chi connectivity index (χ0) is 14.2. The van der Waals surface area contributed by atoms with Crippen LogP contribution in [-0.4, -0.2) is 4.57 Å². The lowest BCUT2D eigenvalue weighted by Gasteiger charge is -2.11. The van der Waals surface area contributed by atoms with Gasteiger partial charge in [-0.15, -0.1) is 0 Å². The van der Waals surface area contributed by atoms with Gasteiger partial charge in [-0.3, -0.25) is 0 Å². The van der Waals surface area contributed by atoms with Crippen molar-refractivity contribution < 1.29 is 13.2 Å². The first-order valence-electron chi connectivity index (χ1n) is 6.46. The molecule has 0 N–H and O–H groups in total. The van der Waals surface area contributed by atoms with Crippen LogP contribution in [0.2, 0.25) is 0 Å². The molecule has 1 nitrogen and oxygen atoms in total. The van der Waals surface area contributed by atoms with Crippen molar-refractivity contribution >= 4 is 10.9 Å².